The Bertz CT molecular complexity index is 1020. The van der Waals surface area contributed by atoms with Crippen LogP contribution in [0, 0.1) is 5.82 Å². The molecule has 1 aliphatic rings. The summed E-state index contributed by atoms with van der Waals surface area (Å²) in [5.41, 5.74) is 2.18. The van der Waals surface area contributed by atoms with E-state index in [0.29, 0.717) is 23.4 Å². The molecule has 8 heteroatoms. The van der Waals surface area contributed by atoms with Crippen LogP contribution in [0.4, 0.5) is 10.1 Å². The van der Waals surface area contributed by atoms with Crippen LogP contribution in [0.25, 0.3) is 0 Å². The number of carbonyl (C=O) groups excluding carboxylic acids is 1. The molecule has 2 atom stereocenters. The van der Waals surface area contributed by atoms with Crippen molar-refractivity contribution in [3.63, 3.8) is 0 Å². The lowest BCUT2D eigenvalue weighted by Gasteiger charge is -2.31. The SMILES string of the molecule is CC(Sc1nnc(C(C)Oc2ccc(F)cc2)o1)C(=O)N1CCCc2ccccc21. The number of amides is 1. The number of anilines is 1. The molecule has 2 unspecified atom stereocenters. The van der Waals surface area contributed by atoms with Crippen LogP contribution in [0.15, 0.2) is 58.2 Å². The number of thioether (sulfide) groups is 1. The Hall–Kier alpha value is -2.87. The minimum Gasteiger partial charge on any atom is -0.481 e. The fourth-order valence-electron chi connectivity index (χ4n) is 3.38. The quantitative estimate of drug-likeness (QED) is 0.526. The zero-order chi connectivity index (χ0) is 21.1. The van der Waals surface area contributed by atoms with Crippen molar-refractivity contribution in [2.75, 3.05) is 11.4 Å². The Kier molecular flexibility index (Phi) is 6.03. The number of para-hydroxylation sites is 1. The number of carbonyl (C=O) groups is 1. The molecule has 4 rings (SSSR count). The molecule has 0 spiro atoms. The molecule has 0 saturated carbocycles. The second-order valence-electron chi connectivity index (χ2n) is 7.10. The summed E-state index contributed by atoms with van der Waals surface area (Å²) in [5.74, 6) is 0.484. The van der Waals surface area contributed by atoms with Crippen LogP contribution in [0.3, 0.4) is 0 Å². The Morgan fingerprint density at radius 3 is 2.73 bits per heavy atom. The topological polar surface area (TPSA) is 68.5 Å². The van der Waals surface area contributed by atoms with Crippen molar-refractivity contribution in [1.82, 2.24) is 10.2 Å². The lowest BCUT2D eigenvalue weighted by atomic mass is 10.0. The van der Waals surface area contributed by atoms with E-state index in [0.717, 1.165) is 18.5 Å². The second-order valence-corrected chi connectivity index (χ2v) is 8.39. The number of benzene rings is 2. The van der Waals surface area contributed by atoms with Gasteiger partial charge in [0.15, 0.2) is 6.10 Å². The predicted molar refractivity (Wildman–Crippen MR) is 112 cm³/mol. The molecule has 0 fully saturated rings. The molecule has 6 nitrogen and oxygen atoms in total. The summed E-state index contributed by atoms with van der Waals surface area (Å²) in [6, 6.07) is 13.7. The largest absolute Gasteiger partial charge is 0.481 e. The third-order valence-corrected chi connectivity index (χ3v) is 5.82. The molecular formula is C22H22FN3O3S. The number of halogens is 1. The first-order valence-corrected chi connectivity index (χ1v) is 10.7. The minimum absolute atomic E-state index is 0.0162. The number of aryl methyl sites for hydroxylation is 1. The van der Waals surface area contributed by atoms with Gasteiger partial charge in [0.2, 0.25) is 5.91 Å². The van der Waals surface area contributed by atoms with Crippen molar-refractivity contribution in [2.45, 2.75) is 43.3 Å². The third kappa shape index (κ3) is 4.48. The third-order valence-electron chi connectivity index (χ3n) is 4.90. The molecular weight excluding hydrogens is 405 g/mol. The van der Waals surface area contributed by atoms with Crippen LogP contribution in [0.2, 0.25) is 0 Å². The molecule has 0 aliphatic carbocycles. The molecule has 2 aromatic carbocycles. The summed E-state index contributed by atoms with van der Waals surface area (Å²) < 4.78 is 24.4. The highest BCUT2D eigenvalue weighted by atomic mass is 32.2. The van der Waals surface area contributed by atoms with Gasteiger partial charge < -0.3 is 14.1 Å². The van der Waals surface area contributed by atoms with Gasteiger partial charge in [-0.1, -0.05) is 30.0 Å². The van der Waals surface area contributed by atoms with Crippen LogP contribution in [0.5, 0.6) is 5.75 Å². The highest BCUT2D eigenvalue weighted by Crippen LogP contribution is 2.31. The maximum Gasteiger partial charge on any atom is 0.277 e. The highest BCUT2D eigenvalue weighted by Gasteiger charge is 2.28. The minimum atomic E-state index is -0.503. The van der Waals surface area contributed by atoms with Gasteiger partial charge in [-0.25, -0.2) is 4.39 Å². The number of ether oxygens (including phenoxy) is 1. The molecule has 0 N–H and O–H groups in total. The van der Waals surface area contributed by atoms with E-state index >= 15 is 0 Å². The molecule has 2 heterocycles. The standard InChI is InChI=1S/C22H22FN3O3S/c1-14(28-18-11-9-17(23)10-12-18)20-24-25-22(29-20)30-15(2)21(27)26-13-5-7-16-6-3-4-8-19(16)26/h3-4,6,8-12,14-15H,5,7,13H2,1-2H3. The summed E-state index contributed by atoms with van der Waals surface area (Å²) in [6.07, 6.45) is 1.43. The van der Waals surface area contributed by atoms with Crippen molar-refractivity contribution in [3.05, 3.63) is 65.8 Å². The number of hydrogen-bond donors (Lipinski definition) is 0. The van der Waals surface area contributed by atoms with Crippen LogP contribution in [-0.4, -0.2) is 27.9 Å². The van der Waals surface area contributed by atoms with Gasteiger partial charge in [0.1, 0.15) is 11.6 Å². The lowest BCUT2D eigenvalue weighted by Crippen LogP contribution is -2.40. The van der Waals surface area contributed by atoms with Crippen LogP contribution < -0.4 is 9.64 Å². The summed E-state index contributed by atoms with van der Waals surface area (Å²) in [5, 5.41) is 8.00. The van der Waals surface area contributed by atoms with Gasteiger partial charge in [-0.05, 0) is 62.6 Å². The summed E-state index contributed by atoms with van der Waals surface area (Å²) in [7, 11) is 0. The van der Waals surface area contributed by atoms with Crippen molar-refractivity contribution >= 4 is 23.4 Å². The Labute approximate surface area is 178 Å². The second kappa shape index (κ2) is 8.87. The molecule has 0 saturated heterocycles. The molecule has 0 bridgehead atoms. The molecule has 3 aromatic rings. The molecule has 156 valence electrons. The van der Waals surface area contributed by atoms with Gasteiger partial charge in [-0.15, -0.1) is 10.2 Å². The Morgan fingerprint density at radius 1 is 1.17 bits per heavy atom. The number of hydrogen-bond acceptors (Lipinski definition) is 6. The van der Waals surface area contributed by atoms with Crippen LogP contribution in [-0.2, 0) is 11.2 Å². The maximum atomic E-state index is 13.0. The highest BCUT2D eigenvalue weighted by molar-refractivity contribution is 8.00. The summed E-state index contributed by atoms with van der Waals surface area (Å²) >= 11 is 1.23. The fraction of sp³-hybridized carbons (Fsp3) is 0.318. The monoisotopic (exact) mass is 427 g/mol. The average molecular weight is 428 g/mol. The van der Waals surface area contributed by atoms with Gasteiger partial charge >= 0.3 is 0 Å². The van der Waals surface area contributed by atoms with E-state index < -0.39 is 6.10 Å². The first-order valence-electron chi connectivity index (χ1n) is 9.83. The van der Waals surface area contributed by atoms with Crippen molar-refractivity contribution in [3.8, 4) is 5.75 Å². The number of nitrogens with zero attached hydrogens (tertiary/aromatic N) is 3. The zero-order valence-electron chi connectivity index (χ0n) is 16.7. The molecule has 1 aliphatic heterocycles. The van der Waals surface area contributed by atoms with Gasteiger partial charge in [-0.2, -0.15) is 0 Å². The maximum absolute atomic E-state index is 13.0. The van der Waals surface area contributed by atoms with Crippen molar-refractivity contribution in [2.24, 2.45) is 0 Å². The fourth-order valence-corrected chi connectivity index (χ4v) is 4.14. The molecule has 30 heavy (non-hydrogen) atoms. The van der Waals surface area contributed by atoms with Gasteiger partial charge in [0.25, 0.3) is 11.1 Å². The molecule has 1 aromatic heterocycles. The molecule has 0 radical (unpaired) electrons. The van der Waals surface area contributed by atoms with Crippen molar-refractivity contribution in [1.29, 1.82) is 0 Å². The van der Waals surface area contributed by atoms with Crippen molar-refractivity contribution < 1.29 is 18.3 Å². The van der Waals surface area contributed by atoms with E-state index in [1.54, 1.807) is 6.92 Å². The number of rotatable bonds is 6. The van der Waals surface area contributed by atoms with E-state index in [1.807, 2.05) is 30.0 Å². The lowest BCUT2D eigenvalue weighted by molar-refractivity contribution is -0.117. The normalized spacial score (nSPS) is 15.4. The van der Waals surface area contributed by atoms with Gasteiger partial charge in [-0.3, -0.25) is 4.79 Å². The van der Waals surface area contributed by atoms with E-state index in [4.69, 9.17) is 9.15 Å². The number of fused-ring (bicyclic) bond motifs is 1. The van der Waals surface area contributed by atoms with E-state index in [-0.39, 0.29) is 17.0 Å². The van der Waals surface area contributed by atoms with E-state index in [1.165, 1.54) is 41.6 Å². The van der Waals surface area contributed by atoms with Gasteiger partial charge in [0, 0.05) is 12.2 Å². The summed E-state index contributed by atoms with van der Waals surface area (Å²) in [6.45, 7) is 4.31. The number of aromatic nitrogens is 2. The first kappa shape index (κ1) is 20.4. The Balaban J connectivity index is 1.40. The summed E-state index contributed by atoms with van der Waals surface area (Å²) in [4.78, 5) is 14.9. The predicted octanol–water partition coefficient (Wildman–Crippen LogP) is 4.81. The zero-order valence-corrected chi connectivity index (χ0v) is 17.6. The van der Waals surface area contributed by atoms with Crippen LogP contribution in [0.1, 0.15) is 37.8 Å². The van der Waals surface area contributed by atoms with Crippen LogP contribution >= 0.6 is 11.8 Å². The van der Waals surface area contributed by atoms with E-state index in [9.17, 15) is 9.18 Å². The smallest absolute Gasteiger partial charge is 0.277 e. The first-order chi connectivity index (χ1) is 14.5. The average Bonchev–Trinajstić information content (AvgIpc) is 3.23. The Morgan fingerprint density at radius 2 is 1.93 bits per heavy atom. The molecule has 1 amide bonds. The van der Waals surface area contributed by atoms with E-state index in [2.05, 4.69) is 16.3 Å². The van der Waals surface area contributed by atoms with Gasteiger partial charge in [0.05, 0.1) is 5.25 Å².